The fourth-order valence-corrected chi connectivity index (χ4v) is 2.31. The smallest absolute Gasteiger partial charge is 0.238 e. The van der Waals surface area contributed by atoms with Crippen LogP contribution in [0.2, 0.25) is 5.02 Å². The molecule has 2 rings (SSSR count). The topological polar surface area (TPSA) is 50.4 Å². The molecule has 0 spiro atoms. The summed E-state index contributed by atoms with van der Waals surface area (Å²) in [5.74, 6) is -0.0973. The molecule has 19 heavy (non-hydrogen) atoms. The fourth-order valence-electron chi connectivity index (χ4n) is 2.12. The van der Waals surface area contributed by atoms with Crippen molar-refractivity contribution < 1.29 is 9.53 Å². The molecule has 1 aliphatic rings. The van der Waals surface area contributed by atoms with Crippen LogP contribution in [0.5, 0.6) is 0 Å². The summed E-state index contributed by atoms with van der Waals surface area (Å²) in [5, 5.41) is 6.59. The molecule has 5 heteroatoms. The van der Waals surface area contributed by atoms with Gasteiger partial charge in [-0.15, -0.1) is 0 Å². The molecule has 1 heterocycles. The second-order valence-electron chi connectivity index (χ2n) is 5.10. The van der Waals surface area contributed by atoms with Crippen LogP contribution in [0.25, 0.3) is 0 Å². The standard InChI is InChI=1S/C14H19ClN2O2/c1-14(7-4-8-19-10-14)16-9-13(18)17-12-6-3-2-5-11(12)15/h2-3,5-6,16H,4,7-10H2,1H3,(H,17,18). The minimum atomic E-state index is -0.115. The Morgan fingerprint density at radius 1 is 1.47 bits per heavy atom. The molecule has 1 saturated heterocycles. The number of halogens is 1. The lowest BCUT2D eigenvalue weighted by Crippen LogP contribution is -2.51. The van der Waals surface area contributed by atoms with Gasteiger partial charge in [0, 0.05) is 12.1 Å². The quantitative estimate of drug-likeness (QED) is 0.892. The fraction of sp³-hybridized carbons (Fsp3) is 0.500. The van der Waals surface area contributed by atoms with Crippen molar-refractivity contribution in [1.82, 2.24) is 5.32 Å². The van der Waals surface area contributed by atoms with Gasteiger partial charge in [0.2, 0.25) is 5.91 Å². The maximum atomic E-state index is 11.9. The first-order valence-electron chi connectivity index (χ1n) is 6.46. The summed E-state index contributed by atoms with van der Waals surface area (Å²) in [6, 6.07) is 7.20. The van der Waals surface area contributed by atoms with Gasteiger partial charge in [0.15, 0.2) is 0 Å². The Bertz CT molecular complexity index is 445. The average Bonchev–Trinajstić information content (AvgIpc) is 2.40. The molecular weight excluding hydrogens is 264 g/mol. The third kappa shape index (κ3) is 4.20. The molecule has 1 unspecified atom stereocenters. The molecule has 1 atom stereocenters. The van der Waals surface area contributed by atoms with Crippen molar-refractivity contribution in [2.75, 3.05) is 25.1 Å². The van der Waals surface area contributed by atoms with E-state index in [9.17, 15) is 4.79 Å². The van der Waals surface area contributed by atoms with Crippen LogP contribution in [0.1, 0.15) is 19.8 Å². The van der Waals surface area contributed by atoms with Gasteiger partial charge in [-0.05, 0) is 31.9 Å². The molecule has 1 amide bonds. The number of carbonyl (C=O) groups excluding carboxylic acids is 1. The maximum Gasteiger partial charge on any atom is 0.238 e. The van der Waals surface area contributed by atoms with E-state index in [1.165, 1.54) is 0 Å². The van der Waals surface area contributed by atoms with Gasteiger partial charge in [-0.3, -0.25) is 4.79 Å². The van der Waals surface area contributed by atoms with Gasteiger partial charge < -0.3 is 15.4 Å². The molecule has 0 aromatic heterocycles. The van der Waals surface area contributed by atoms with E-state index in [-0.39, 0.29) is 18.0 Å². The van der Waals surface area contributed by atoms with E-state index < -0.39 is 0 Å². The molecule has 0 radical (unpaired) electrons. The Hall–Kier alpha value is -1.10. The number of amides is 1. The molecule has 0 aliphatic carbocycles. The molecule has 1 aromatic rings. The zero-order valence-electron chi connectivity index (χ0n) is 11.0. The highest BCUT2D eigenvalue weighted by molar-refractivity contribution is 6.33. The van der Waals surface area contributed by atoms with Gasteiger partial charge in [0.25, 0.3) is 0 Å². The van der Waals surface area contributed by atoms with Crippen molar-refractivity contribution >= 4 is 23.2 Å². The molecule has 104 valence electrons. The molecule has 4 nitrogen and oxygen atoms in total. The predicted octanol–water partition coefficient (Wildman–Crippen LogP) is 2.44. The average molecular weight is 283 g/mol. The highest BCUT2D eigenvalue weighted by atomic mass is 35.5. The number of rotatable bonds is 4. The molecule has 1 aromatic carbocycles. The molecule has 1 aliphatic heterocycles. The third-order valence-corrected chi connectivity index (χ3v) is 3.59. The zero-order valence-corrected chi connectivity index (χ0v) is 11.8. The predicted molar refractivity (Wildman–Crippen MR) is 76.5 cm³/mol. The zero-order chi connectivity index (χ0) is 13.7. The van der Waals surface area contributed by atoms with E-state index in [1.54, 1.807) is 12.1 Å². The van der Waals surface area contributed by atoms with Crippen LogP contribution in [0, 0.1) is 0 Å². The van der Waals surface area contributed by atoms with E-state index >= 15 is 0 Å². The number of hydrogen-bond donors (Lipinski definition) is 2. The number of hydrogen-bond acceptors (Lipinski definition) is 3. The normalized spacial score (nSPS) is 23.1. The Labute approximate surface area is 118 Å². The van der Waals surface area contributed by atoms with Crippen molar-refractivity contribution in [2.24, 2.45) is 0 Å². The first kappa shape index (κ1) is 14.3. The first-order chi connectivity index (χ1) is 9.09. The largest absolute Gasteiger partial charge is 0.380 e. The number of nitrogens with one attached hydrogen (secondary N) is 2. The summed E-state index contributed by atoms with van der Waals surface area (Å²) >= 11 is 5.99. The number of benzene rings is 1. The maximum absolute atomic E-state index is 11.9. The number of ether oxygens (including phenoxy) is 1. The first-order valence-corrected chi connectivity index (χ1v) is 6.84. The molecule has 2 N–H and O–H groups in total. The molecular formula is C14H19ClN2O2. The second kappa shape index (κ2) is 6.37. The van der Waals surface area contributed by atoms with E-state index in [2.05, 4.69) is 17.6 Å². The van der Waals surface area contributed by atoms with Crippen molar-refractivity contribution in [3.8, 4) is 0 Å². The number of para-hydroxylation sites is 1. The van der Waals surface area contributed by atoms with Gasteiger partial charge in [0.05, 0.1) is 23.9 Å². The van der Waals surface area contributed by atoms with Gasteiger partial charge in [-0.1, -0.05) is 23.7 Å². The van der Waals surface area contributed by atoms with Crippen LogP contribution in [-0.4, -0.2) is 31.2 Å². The lowest BCUT2D eigenvalue weighted by atomic mass is 9.95. The lowest BCUT2D eigenvalue weighted by Gasteiger charge is -2.34. The number of carbonyl (C=O) groups is 1. The van der Waals surface area contributed by atoms with E-state index in [4.69, 9.17) is 16.3 Å². The van der Waals surface area contributed by atoms with E-state index in [1.807, 2.05) is 12.1 Å². The summed E-state index contributed by atoms with van der Waals surface area (Å²) < 4.78 is 5.44. The van der Waals surface area contributed by atoms with Crippen LogP contribution < -0.4 is 10.6 Å². The molecule has 0 saturated carbocycles. The summed E-state index contributed by atoms with van der Waals surface area (Å²) in [4.78, 5) is 11.9. The Morgan fingerprint density at radius 2 is 2.26 bits per heavy atom. The van der Waals surface area contributed by atoms with Gasteiger partial charge in [-0.2, -0.15) is 0 Å². The highest BCUT2D eigenvalue weighted by Gasteiger charge is 2.27. The lowest BCUT2D eigenvalue weighted by molar-refractivity contribution is -0.116. The number of anilines is 1. The summed E-state index contributed by atoms with van der Waals surface area (Å²) in [5.41, 5.74) is 0.525. The van der Waals surface area contributed by atoms with Crippen molar-refractivity contribution in [3.63, 3.8) is 0 Å². The Kier molecular flexibility index (Phi) is 4.80. The van der Waals surface area contributed by atoms with Gasteiger partial charge in [-0.25, -0.2) is 0 Å². The van der Waals surface area contributed by atoms with Crippen LogP contribution in [0.4, 0.5) is 5.69 Å². The molecule has 1 fully saturated rings. The van der Waals surface area contributed by atoms with Crippen LogP contribution in [0.15, 0.2) is 24.3 Å². The van der Waals surface area contributed by atoms with Crippen LogP contribution in [-0.2, 0) is 9.53 Å². The van der Waals surface area contributed by atoms with Gasteiger partial charge in [0.1, 0.15) is 0 Å². The Balaban J connectivity index is 1.83. The van der Waals surface area contributed by atoms with Gasteiger partial charge >= 0.3 is 0 Å². The van der Waals surface area contributed by atoms with Crippen LogP contribution in [0.3, 0.4) is 0 Å². The van der Waals surface area contributed by atoms with Crippen LogP contribution >= 0.6 is 11.6 Å². The summed E-state index contributed by atoms with van der Waals surface area (Å²) in [6.07, 6.45) is 2.04. The van der Waals surface area contributed by atoms with E-state index in [0.29, 0.717) is 17.3 Å². The minimum Gasteiger partial charge on any atom is -0.380 e. The Morgan fingerprint density at radius 3 is 2.95 bits per heavy atom. The summed E-state index contributed by atoms with van der Waals surface area (Å²) in [7, 11) is 0. The minimum absolute atomic E-state index is 0.0973. The third-order valence-electron chi connectivity index (χ3n) is 3.26. The summed E-state index contributed by atoms with van der Waals surface area (Å²) in [6.45, 7) is 3.79. The SMILES string of the molecule is CC1(NCC(=O)Nc2ccccc2Cl)CCCOC1. The molecule has 0 bridgehead atoms. The second-order valence-corrected chi connectivity index (χ2v) is 5.51. The van der Waals surface area contributed by atoms with Crippen molar-refractivity contribution in [3.05, 3.63) is 29.3 Å². The monoisotopic (exact) mass is 282 g/mol. The van der Waals surface area contributed by atoms with Crippen molar-refractivity contribution in [2.45, 2.75) is 25.3 Å². The highest BCUT2D eigenvalue weighted by Crippen LogP contribution is 2.20. The van der Waals surface area contributed by atoms with E-state index in [0.717, 1.165) is 19.4 Å². The van der Waals surface area contributed by atoms with Crippen molar-refractivity contribution in [1.29, 1.82) is 0 Å².